The fourth-order valence-corrected chi connectivity index (χ4v) is 0.780. The molecule has 1 heterocycles. The number of nitrogens with zero attached hydrogens (tertiary/aromatic N) is 3. The highest BCUT2D eigenvalue weighted by atomic mass is 32.2. The second-order valence-corrected chi connectivity index (χ2v) is 2.31. The molecule has 0 aliphatic heterocycles. The lowest BCUT2D eigenvalue weighted by Gasteiger charge is -1.95. The molecule has 0 unspecified atom stereocenters. The van der Waals surface area contributed by atoms with Gasteiger partial charge in [-0.2, -0.15) is 10.1 Å². The summed E-state index contributed by atoms with van der Waals surface area (Å²) in [5.74, 6) is 0. The smallest absolute Gasteiger partial charge is 0.336 e. The normalized spacial score (nSPS) is 9.40. The SMILES string of the molecule is COc1nncc(SC)n1. The van der Waals surface area contributed by atoms with Gasteiger partial charge in [-0.1, -0.05) is 5.10 Å². The van der Waals surface area contributed by atoms with E-state index < -0.39 is 0 Å². The molecule has 0 saturated heterocycles. The van der Waals surface area contributed by atoms with Crippen molar-refractivity contribution in [3.63, 3.8) is 0 Å². The molecule has 0 aliphatic rings. The Morgan fingerprint density at radius 2 is 2.40 bits per heavy atom. The fraction of sp³-hybridized carbons (Fsp3) is 0.400. The van der Waals surface area contributed by atoms with Crippen molar-refractivity contribution < 1.29 is 4.74 Å². The Morgan fingerprint density at radius 1 is 1.60 bits per heavy atom. The standard InChI is InChI=1S/C5H7N3OS/c1-9-5-7-4(10-2)3-6-8-5/h3H,1-2H3. The first-order valence-electron chi connectivity index (χ1n) is 2.64. The zero-order valence-electron chi connectivity index (χ0n) is 5.74. The largest absolute Gasteiger partial charge is 0.466 e. The summed E-state index contributed by atoms with van der Waals surface area (Å²) in [5.41, 5.74) is 0. The third-order valence-corrected chi connectivity index (χ3v) is 1.52. The fourth-order valence-electron chi connectivity index (χ4n) is 0.458. The molecule has 0 radical (unpaired) electrons. The summed E-state index contributed by atoms with van der Waals surface area (Å²) in [6.07, 6.45) is 3.51. The van der Waals surface area contributed by atoms with Gasteiger partial charge in [0, 0.05) is 0 Å². The van der Waals surface area contributed by atoms with Gasteiger partial charge in [0.1, 0.15) is 5.03 Å². The number of thioether (sulfide) groups is 1. The molecule has 5 heteroatoms. The molecule has 0 bridgehead atoms. The van der Waals surface area contributed by atoms with Gasteiger partial charge in [0.25, 0.3) is 0 Å². The minimum atomic E-state index is 0.312. The van der Waals surface area contributed by atoms with Crippen molar-refractivity contribution in [3.8, 4) is 6.01 Å². The predicted octanol–water partition coefficient (Wildman–Crippen LogP) is 0.602. The van der Waals surface area contributed by atoms with Gasteiger partial charge in [0.05, 0.1) is 13.3 Å². The molecule has 1 aromatic heterocycles. The Bertz CT molecular complexity index is 199. The lowest BCUT2D eigenvalue weighted by Crippen LogP contribution is -1.94. The van der Waals surface area contributed by atoms with Crippen molar-refractivity contribution in [1.29, 1.82) is 0 Å². The van der Waals surface area contributed by atoms with Gasteiger partial charge in [-0.25, -0.2) is 0 Å². The molecular formula is C5H7N3OS. The van der Waals surface area contributed by atoms with E-state index in [1.165, 1.54) is 18.9 Å². The van der Waals surface area contributed by atoms with Crippen molar-refractivity contribution in [2.75, 3.05) is 13.4 Å². The third-order valence-electron chi connectivity index (χ3n) is 0.909. The minimum absolute atomic E-state index is 0.312. The molecule has 0 atom stereocenters. The van der Waals surface area contributed by atoms with Crippen LogP contribution in [0.15, 0.2) is 11.2 Å². The quantitative estimate of drug-likeness (QED) is 0.588. The van der Waals surface area contributed by atoms with E-state index >= 15 is 0 Å². The van der Waals surface area contributed by atoms with Crippen LogP contribution in [0.4, 0.5) is 0 Å². The van der Waals surface area contributed by atoms with Gasteiger partial charge in [-0.05, 0) is 6.26 Å². The van der Waals surface area contributed by atoms with Gasteiger partial charge in [-0.15, -0.1) is 11.8 Å². The second-order valence-electron chi connectivity index (χ2n) is 1.49. The maximum absolute atomic E-state index is 4.76. The number of hydrogen-bond donors (Lipinski definition) is 0. The van der Waals surface area contributed by atoms with Crippen LogP contribution in [0.5, 0.6) is 6.01 Å². The Kier molecular flexibility index (Phi) is 2.44. The summed E-state index contributed by atoms with van der Waals surface area (Å²) in [5, 5.41) is 8.09. The van der Waals surface area contributed by atoms with Gasteiger partial charge in [0.15, 0.2) is 0 Å². The molecule has 0 saturated carbocycles. The Morgan fingerprint density at radius 3 is 3.00 bits per heavy atom. The van der Waals surface area contributed by atoms with Crippen LogP contribution in [0.3, 0.4) is 0 Å². The summed E-state index contributed by atoms with van der Waals surface area (Å²) in [4.78, 5) is 3.98. The van der Waals surface area contributed by atoms with E-state index in [4.69, 9.17) is 4.74 Å². The van der Waals surface area contributed by atoms with E-state index in [0.717, 1.165) is 5.03 Å². The van der Waals surface area contributed by atoms with Crippen molar-refractivity contribution in [1.82, 2.24) is 15.2 Å². The zero-order chi connectivity index (χ0) is 7.40. The summed E-state index contributed by atoms with van der Waals surface area (Å²) >= 11 is 1.50. The molecule has 1 rings (SSSR count). The highest BCUT2D eigenvalue weighted by molar-refractivity contribution is 7.98. The van der Waals surface area contributed by atoms with Crippen LogP contribution >= 0.6 is 11.8 Å². The van der Waals surface area contributed by atoms with Crippen molar-refractivity contribution >= 4 is 11.8 Å². The molecule has 1 aromatic rings. The first kappa shape index (κ1) is 7.27. The lowest BCUT2D eigenvalue weighted by atomic mass is 10.9. The molecule has 0 fully saturated rings. The number of hydrogen-bond acceptors (Lipinski definition) is 5. The van der Waals surface area contributed by atoms with Crippen LogP contribution in [0.1, 0.15) is 0 Å². The minimum Gasteiger partial charge on any atom is -0.466 e. The van der Waals surface area contributed by atoms with Crippen LogP contribution in [0, 0.1) is 0 Å². The van der Waals surface area contributed by atoms with Crippen LogP contribution in [-0.4, -0.2) is 28.5 Å². The molecule has 0 spiro atoms. The number of methoxy groups -OCH3 is 1. The Labute approximate surface area is 63.0 Å². The van der Waals surface area contributed by atoms with E-state index in [2.05, 4.69) is 15.2 Å². The van der Waals surface area contributed by atoms with Crippen LogP contribution in [-0.2, 0) is 0 Å². The van der Waals surface area contributed by atoms with E-state index in [1.807, 2.05) is 6.26 Å². The molecule has 4 nitrogen and oxygen atoms in total. The highest BCUT2D eigenvalue weighted by Gasteiger charge is 1.96. The average molecular weight is 157 g/mol. The van der Waals surface area contributed by atoms with E-state index in [9.17, 15) is 0 Å². The van der Waals surface area contributed by atoms with Crippen molar-refractivity contribution in [2.45, 2.75) is 5.03 Å². The molecule has 10 heavy (non-hydrogen) atoms. The molecule has 0 aromatic carbocycles. The van der Waals surface area contributed by atoms with Crippen LogP contribution in [0.2, 0.25) is 0 Å². The summed E-state index contributed by atoms with van der Waals surface area (Å²) in [6, 6.07) is 0.312. The maximum Gasteiger partial charge on any atom is 0.336 e. The molecule has 0 aliphatic carbocycles. The Balaban J connectivity index is 2.87. The summed E-state index contributed by atoms with van der Waals surface area (Å²) < 4.78 is 4.76. The second kappa shape index (κ2) is 3.36. The average Bonchev–Trinajstić information content (AvgIpc) is 2.05. The Hall–Kier alpha value is -0.840. The van der Waals surface area contributed by atoms with Crippen molar-refractivity contribution in [2.24, 2.45) is 0 Å². The summed E-state index contributed by atoms with van der Waals surface area (Å²) in [7, 11) is 1.52. The van der Waals surface area contributed by atoms with Gasteiger partial charge < -0.3 is 4.74 Å². The molecule has 54 valence electrons. The highest BCUT2D eigenvalue weighted by Crippen LogP contribution is 2.10. The van der Waals surface area contributed by atoms with E-state index in [0.29, 0.717) is 6.01 Å². The molecular weight excluding hydrogens is 150 g/mol. The first-order chi connectivity index (χ1) is 4.86. The van der Waals surface area contributed by atoms with E-state index in [1.54, 1.807) is 6.20 Å². The van der Waals surface area contributed by atoms with Gasteiger partial charge in [0.2, 0.25) is 0 Å². The number of rotatable bonds is 2. The zero-order valence-corrected chi connectivity index (χ0v) is 6.55. The van der Waals surface area contributed by atoms with Crippen LogP contribution in [0.25, 0.3) is 0 Å². The summed E-state index contributed by atoms with van der Waals surface area (Å²) in [6.45, 7) is 0. The van der Waals surface area contributed by atoms with E-state index in [-0.39, 0.29) is 0 Å². The van der Waals surface area contributed by atoms with Gasteiger partial charge >= 0.3 is 6.01 Å². The third kappa shape index (κ3) is 1.57. The van der Waals surface area contributed by atoms with Crippen molar-refractivity contribution in [3.05, 3.63) is 6.20 Å². The predicted molar refractivity (Wildman–Crippen MR) is 38.2 cm³/mol. The first-order valence-corrected chi connectivity index (χ1v) is 3.87. The maximum atomic E-state index is 4.76. The van der Waals surface area contributed by atoms with Gasteiger partial charge in [-0.3, -0.25) is 0 Å². The lowest BCUT2D eigenvalue weighted by molar-refractivity contribution is 0.368. The monoisotopic (exact) mass is 157 g/mol. The topological polar surface area (TPSA) is 47.9 Å². The molecule has 0 amide bonds. The van der Waals surface area contributed by atoms with Crippen LogP contribution < -0.4 is 4.74 Å². The number of aromatic nitrogens is 3. The molecule has 0 N–H and O–H groups in total. The number of ether oxygens (including phenoxy) is 1.